The Morgan fingerprint density at radius 2 is 2.33 bits per heavy atom. The molecule has 8 heteroatoms. The number of carbonyl (C=O) groups excluding carboxylic acids is 1. The standard InChI is InChI=1S/C16H22N2O5S/c19-12(7-18-16(20)5-11-9-24-4-3-17-11)8-21-13-1-2-14-15(6-13)23-10-22-14/h1-2,6,11-12,17,19H,3-5,7-10H2,(H,18,20). The van der Waals surface area contributed by atoms with Crippen molar-refractivity contribution in [2.75, 3.05) is 38.0 Å². The molecule has 0 aromatic heterocycles. The molecule has 2 aliphatic heterocycles. The minimum Gasteiger partial charge on any atom is -0.491 e. The molecule has 7 nitrogen and oxygen atoms in total. The van der Waals surface area contributed by atoms with E-state index in [-0.39, 0.29) is 31.9 Å². The molecule has 0 bridgehead atoms. The summed E-state index contributed by atoms with van der Waals surface area (Å²) in [5.41, 5.74) is 0. The topological polar surface area (TPSA) is 89.1 Å². The van der Waals surface area contributed by atoms with Crippen molar-refractivity contribution in [1.29, 1.82) is 0 Å². The van der Waals surface area contributed by atoms with Crippen molar-refractivity contribution in [3.8, 4) is 17.2 Å². The summed E-state index contributed by atoms with van der Waals surface area (Å²) >= 11 is 1.85. The summed E-state index contributed by atoms with van der Waals surface area (Å²) in [5, 5.41) is 16.0. The van der Waals surface area contributed by atoms with Crippen LogP contribution in [0.2, 0.25) is 0 Å². The van der Waals surface area contributed by atoms with E-state index in [4.69, 9.17) is 14.2 Å². The second kappa shape index (κ2) is 8.46. The third kappa shape index (κ3) is 4.93. The molecule has 3 N–H and O–H groups in total. The average molecular weight is 354 g/mol. The molecule has 132 valence electrons. The first-order valence-electron chi connectivity index (χ1n) is 7.99. The SMILES string of the molecule is O=C(CC1CSCCN1)NCC(O)COc1ccc2c(c1)OCO2. The highest BCUT2D eigenvalue weighted by Gasteiger charge is 2.18. The fraction of sp³-hybridized carbons (Fsp3) is 0.562. The van der Waals surface area contributed by atoms with Crippen molar-refractivity contribution in [2.24, 2.45) is 0 Å². The maximum absolute atomic E-state index is 11.9. The summed E-state index contributed by atoms with van der Waals surface area (Å²) in [7, 11) is 0. The smallest absolute Gasteiger partial charge is 0.231 e. The Labute approximate surface area is 145 Å². The van der Waals surface area contributed by atoms with Crippen LogP contribution in [0.5, 0.6) is 17.2 Å². The molecule has 2 unspecified atom stereocenters. The number of thioether (sulfide) groups is 1. The van der Waals surface area contributed by atoms with Crippen LogP contribution in [0, 0.1) is 0 Å². The Hall–Kier alpha value is -1.64. The predicted octanol–water partition coefficient (Wildman–Crippen LogP) is 0.366. The Bertz CT molecular complexity index is 565. The second-order valence-electron chi connectivity index (χ2n) is 5.71. The molecule has 0 aliphatic carbocycles. The van der Waals surface area contributed by atoms with Crippen molar-refractivity contribution in [2.45, 2.75) is 18.6 Å². The number of fused-ring (bicyclic) bond motifs is 1. The van der Waals surface area contributed by atoms with Gasteiger partial charge in [0.25, 0.3) is 0 Å². The number of hydrogen-bond acceptors (Lipinski definition) is 7. The molecular formula is C16H22N2O5S. The zero-order chi connectivity index (χ0) is 16.8. The van der Waals surface area contributed by atoms with Crippen molar-refractivity contribution >= 4 is 17.7 Å². The minimum atomic E-state index is -0.770. The molecule has 24 heavy (non-hydrogen) atoms. The monoisotopic (exact) mass is 354 g/mol. The van der Waals surface area contributed by atoms with E-state index in [1.807, 2.05) is 11.8 Å². The lowest BCUT2D eigenvalue weighted by molar-refractivity contribution is -0.122. The van der Waals surface area contributed by atoms with E-state index in [1.54, 1.807) is 18.2 Å². The second-order valence-corrected chi connectivity index (χ2v) is 6.86. The molecule has 0 spiro atoms. The van der Waals surface area contributed by atoms with E-state index in [1.165, 1.54) is 0 Å². The first-order valence-corrected chi connectivity index (χ1v) is 9.14. The molecule has 0 radical (unpaired) electrons. The number of benzene rings is 1. The third-order valence-electron chi connectivity index (χ3n) is 3.75. The molecular weight excluding hydrogens is 332 g/mol. The van der Waals surface area contributed by atoms with E-state index in [0.29, 0.717) is 23.7 Å². The Kier molecular flexibility index (Phi) is 6.06. The van der Waals surface area contributed by atoms with Gasteiger partial charge in [-0.1, -0.05) is 0 Å². The Balaban J connectivity index is 1.34. The van der Waals surface area contributed by atoms with Gasteiger partial charge in [0, 0.05) is 43.1 Å². The third-order valence-corrected chi connectivity index (χ3v) is 4.88. The van der Waals surface area contributed by atoms with Crippen molar-refractivity contribution < 1.29 is 24.1 Å². The van der Waals surface area contributed by atoms with Gasteiger partial charge in [0.15, 0.2) is 11.5 Å². The van der Waals surface area contributed by atoms with Gasteiger partial charge in [0.1, 0.15) is 18.5 Å². The molecule has 1 saturated heterocycles. The molecule has 2 aliphatic rings. The number of carbonyl (C=O) groups is 1. The highest BCUT2D eigenvalue weighted by Crippen LogP contribution is 2.35. The maximum Gasteiger partial charge on any atom is 0.231 e. The number of nitrogens with one attached hydrogen (secondary N) is 2. The largest absolute Gasteiger partial charge is 0.491 e. The molecule has 3 rings (SSSR count). The first kappa shape index (κ1) is 17.2. The predicted molar refractivity (Wildman–Crippen MR) is 90.8 cm³/mol. The van der Waals surface area contributed by atoms with E-state index >= 15 is 0 Å². The first-order chi connectivity index (χ1) is 11.7. The van der Waals surface area contributed by atoms with Crippen molar-refractivity contribution in [3.63, 3.8) is 0 Å². The lowest BCUT2D eigenvalue weighted by Crippen LogP contribution is -2.43. The van der Waals surface area contributed by atoms with Gasteiger partial charge in [0.2, 0.25) is 12.7 Å². The van der Waals surface area contributed by atoms with Crippen LogP contribution in [0.4, 0.5) is 0 Å². The van der Waals surface area contributed by atoms with E-state index < -0.39 is 6.10 Å². The van der Waals surface area contributed by atoms with Gasteiger partial charge in [-0.05, 0) is 12.1 Å². The van der Waals surface area contributed by atoms with Crippen LogP contribution in [-0.2, 0) is 4.79 Å². The fourth-order valence-corrected chi connectivity index (χ4v) is 3.45. The zero-order valence-electron chi connectivity index (χ0n) is 13.3. The number of rotatable bonds is 7. The fourth-order valence-electron chi connectivity index (χ4n) is 2.50. The Morgan fingerprint density at radius 3 is 3.17 bits per heavy atom. The summed E-state index contributed by atoms with van der Waals surface area (Å²) in [5.74, 6) is 3.89. The van der Waals surface area contributed by atoms with Crippen LogP contribution in [0.3, 0.4) is 0 Å². The molecule has 2 heterocycles. The van der Waals surface area contributed by atoms with Crippen molar-refractivity contribution in [3.05, 3.63) is 18.2 Å². The van der Waals surface area contributed by atoms with Gasteiger partial charge in [-0.15, -0.1) is 0 Å². The lowest BCUT2D eigenvalue weighted by Gasteiger charge is -2.22. The van der Waals surface area contributed by atoms with Crippen LogP contribution >= 0.6 is 11.8 Å². The van der Waals surface area contributed by atoms with Gasteiger partial charge in [0.05, 0.1) is 0 Å². The van der Waals surface area contributed by atoms with Crippen LogP contribution in [-0.4, -0.2) is 61.2 Å². The molecule has 0 saturated carbocycles. The summed E-state index contributed by atoms with van der Waals surface area (Å²) in [6, 6.07) is 5.46. The maximum atomic E-state index is 11.9. The van der Waals surface area contributed by atoms with E-state index in [0.717, 1.165) is 18.1 Å². The van der Waals surface area contributed by atoms with Gasteiger partial charge in [-0.2, -0.15) is 11.8 Å². The molecule has 1 aromatic rings. The normalized spacial score (nSPS) is 20.5. The van der Waals surface area contributed by atoms with Crippen LogP contribution in [0.25, 0.3) is 0 Å². The van der Waals surface area contributed by atoms with Gasteiger partial charge in [-0.25, -0.2) is 0 Å². The molecule has 1 fully saturated rings. The van der Waals surface area contributed by atoms with Gasteiger partial charge < -0.3 is 30.0 Å². The van der Waals surface area contributed by atoms with Gasteiger partial charge >= 0.3 is 0 Å². The number of aliphatic hydroxyl groups excluding tert-OH is 1. The summed E-state index contributed by atoms with van der Waals surface area (Å²) in [6.45, 7) is 1.41. The highest BCUT2D eigenvalue weighted by atomic mass is 32.2. The summed E-state index contributed by atoms with van der Waals surface area (Å²) in [6.07, 6.45) is -0.337. The molecule has 1 amide bonds. The number of amides is 1. The average Bonchev–Trinajstić information content (AvgIpc) is 3.07. The van der Waals surface area contributed by atoms with Crippen LogP contribution in [0.1, 0.15) is 6.42 Å². The van der Waals surface area contributed by atoms with E-state index in [2.05, 4.69) is 10.6 Å². The highest BCUT2D eigenvalue weighted by molar-refractivity contribution is 7.99. The quantitative estimate of drug-likeness (QED) is 0.652. The zero-order valence-corrected chi connectivity index (χ0v) is 14.1. The van der Waals surface area contributed by atoms with E-state index in [9.17, 15) is 9.90 Å². The van der Waals surface area contributed by atoms with Crippen LogP contribution < -0.4 is 24.8 Å². The van der Waals surface area contributed by atoms with Crippen LogP contribution in [0.15, 0.2) is 18.2 Å². The number of ether oxygens (including phenoxy) is 3. The Morgan fingerprint density at radius 1 is 1.46 bits per heavy atom. The molecule has 2 atom stereocenters. The van der Waals surface area contributed by atoms with Crippen molar-refractivity contribution in [1.82, 2.24) is 10.6 Å². The summed E-state index contributed by atoms with van der Waals surface area (Å²) < 4.78 is 16.0. The number of hydrogen-bond donors (Lipinski definition) is 3. The number of aliphatic hydroxyl groups is 1. The lowest BCUT2D eigenvalue weighted by atomic mass is 10.2. The molecule has 1 aromatic carbocycles. The summed E-state index contributed by atoms with van der Waals surface area (Å²) in [4.78, 5) is 11.9. The van der Waals surface area contributed by atoms with Gasteiger partial charge in [-0.3, -0.25) is 4.79 Å². The minimum absolute atomic E-state index is 0.0582.